The molecule has 0 spiro atoms. The van der Waals surface area contributed by atoms with E-state index in [1.807, 2.05) is 38.1 Å². The number of allylic oxidation sites excluding steroid dienone is 2. The number of methoxy groups -OCH3 is 2. The first-order chi connectivity index (χ1) is 14.8. The van der Waals surface area contributed by atoms with Crippen LogP contribution < -0.4 is 19.7 Å². The summed E-state index contributed by atoms with van der Waals surface area (Å²) in [6.07, 6.45) is 5.75. The molecule has 0 aliphatic rings. The molecular weight excluding hydrogens is 394 g/mol. The molecule has 0 radical (unpaired) electrons. The second-order valence-corrected chi connectivity index (χ2v) is 7.51. The zero-order chi connectivity index (χ0) is 23.0. The van der Waals surface area contributed by atoms with Gasteiger partial charge in [-0.05, 0) is 69.0 Å². The van der Waals surface area contributed by atoms with E-state index in [1.165, 1.54) is 11.6 Å². The van der Waals surface area contributed by atoms with Crippen LogP contribution in [0.1, 0.15) is 41.7 Å². The van der Waals surface area contributed by atoms with Gasteiger partial charge in [-0.3, -0.25) is 10.0 Å². The van der Waals surface area contributed by atoms with Crippen LogP contribution in [-0.2, 0) is 17.8 Å². The molecule has 2 aromatic carbocycles. The van der Waals surface area contributed by atoms with Crippen LogP contribution >= 0.6 is 0 Å². The third-order valence-corrected chi connectivity index (χ3v) is 4.87. The maximum absolute atomic E-state index is 11.5. The predicted molar refractivity (Wildman–Crippen MR) is 122 cm³/mol. The van der Waals surface area contributed by atoms with E-state index in [0.717, 1.165) is 27.8 Å². The van der Waals surface area contributed by atoms with Gasteiger partial charge in [0, 0.05) is 17.2 Å². The average Bonchev–Trinajstić information content (AvgIpc) is 2.75. The largest absolute Gasteiger partial charge is 0.493 e. The molecule has 0 aliphatic carbocycles. The van der Waals surface area contributed by atoms with E-state index in [9.17, 15) is 4.79 Å². The van der Waals surface area contributed by atoms with Crippen molar-refractivity contribution >= 4 is 12.0 Å². The number of benzene rings is 2. The van der Waals surface area contributed by atoms with Crippen LogP contribution in [0, 0.1) is 13.8 Å². The highest BCUT2D eigenvalue weighted by atomic mass is 16.5. The number of carbonyl (C=O) groups excluding carboxylic acids is 1. The summed E-state index contributed by atoms with van der Waals surface area (Å²) in [5.74, 6) is 1.44. The Hall–Kier alpha value is -3.25. The summed E-state index contributed by atoms with van der Waals surface area (Å²) in [5, 5.41) is 8.78. The van der Waals surface area contributed by atoms with Crippen LogP contribution in [0.5, 0.6) is 17.2 Å². The fourth-order valence-corrected chi connectivity index (χ4v) is 3.27. The third-order valence-electron chi connectivity index (χ3n) is 4.87. The molecule has 1 amide bonds. The predicted octanol–water partition coefficient (Wildman–Crippen LogP) is 4.93. The number of nitrogens with one attached hydrogen (secondary N) is 1. The minimum atomic E-state index is -0.604. The summed E-state index contributed by atoms with van der Waals surface area (Å²) in [4.78, 5) is 11.5. The molecule has 0 bridgehead atoms. The van der Waals surface area contributed by atoms with Gasteiger partial charge in [-0.1, -0.05) is 23.8 Å². The van der Waals surface area contributed by atoms with E-state index >= 15 is 0 Å². The van der Waals surface area contributed by atoms with Gasteiger partial charge in [-0.15, -0.1) is 0 Å². The quantitative estimate of drug-likeness (QED) is 0.258. The maximum Gasteiger partial charge on any atom is 0.267 e. The Bertz CT molecular complexity index is 988. The number of ether oxygens (including phenoxy) is 3. The lowest BCUT2D eigenvalue weighted by atomic mass is 9.99. The lowest BCUT2D eigenvalue weighted by molar-refractivity contribution is -0.124. The van der Waals surface area contributed by atoms with Crippen molar-refractivity contribution < 1.29 is 24.2 Å². The molecular formula is C25H31NO5. The average molecular weight is 426 g/mol. The van der Waals surface area contributed by atoms with Gasteiger partial charge >= 0.3 is 0 Å². The van der Waals surface area contributed by atoms with Crippen molar-refractivity contribution in [1.82, 2.24) is 5.48 Å². The van der Waals surface area contributed by atoms with Crippen LogP contribution in [0.25, 0.3) is 6.08 Å². The maximum atomic E-state index is 11.5. The second kappa shape index (κ2) is 11.2. The van der Waals surface area contributed by atoms with Gasteiger partial charge in [-0.2, -0.15) is 0 Å². The fourth-order valence-electron chi connectivity index (χ4n) is 3.27. The molecule has 0 aromatic heterocycles. The van der Waals surface area contributed by atoms with Gasteiger partial charge in [-0.25, -0.2) is 5.48 Å². The summed E-state index contributed by atoms with van der Waals surface area (Å²) in [6.45, 7) is 8.42. The lowest BCUT2D eigenvalue weighted by Gasteiger charge is -2.18. The fraction of sp³-hybridized carbons (Fsp3) is 0.320. The number of hydrogen-bond donors (Lipinski definition) is 2. The van der Waals surface area contributed by atoms with E-state index < -0.39 is 5.91 Å². The van der Waals surface area contributed by atoms with Crippen LogP contribution in [0.2, 0.25) is 0 Å². The van der Waals surface area contributed by atoms with E-state index in [4.69, 9.17) is 19.4 Å². The highest BCUT2D eigenvalue weighted by Crippen LogP contribution is 2.34. The van der Waals surface area contributed by atoms with Crippen LogP contribution in [-0.4, -0.2) is 25.3 Å². The first-order valence-corrected chi connectivity index (χ1v) is 10.0. The molecule has 0 fully saturated rings. The van der Waals surface area contributed by atoms with Crippen LogP contribution in [0.15, 0.2) is 42.0 Å². The summed E-state index contributed by atoms with van der Waals surface area (Å²) >= 11 is 0. The Balaban J connectivity index is 2.46. The van der Waals surface area contributed by atoms with Gasteiger partial charge in [0.25, 0.3) is 5.91 Å². The molecule has 0 atom stereocenters. The van der Waals surface area contributed by atoms with Crippen molar-refractivity contribution in [3.05, 3.63) is 69.8 Å². The van der Waals surface area contributed by atoms with Crippen LogP contribution in [0.4, 0.5) is 0 Å². The zero-order valence-electron chi connectivity index (χ0n) is 19.0. The smallest absolute Gasteiger partial charge is 0.267 e. The molecule has 0 aliphatic heterocycles. The normalized spacial score (nSPS) is 10.7. The summed E-state index contributed by atoms with van der Waals surface area (Å²) in [7, 11) is 3.22. The Kier molecular flexibility index (Phi) is 8.70. The van der Waals surface area contributed by atoms with Crippen molar-refractivity contribution in [2.45, 2.75) is 40.7 Å². The molecule has 31 heavy (non-hydrogen) atoms. The molecule has 2 rings (SSSR count). The van der Waals surface area contributed by atoms with Crippen molar-refractivity contribution in [2.24, 2.45) is 0 Å². The minimum absolute atomic E-state index is 0.319. The Morgan fingerprint density at radius 2 is 1.81 bits per heavy atom. The second-order valence-electron chi connectivity index (χ2n) is 7.51. The number of aryl methyl sites for hydroxylation is 2. The summed E-state index contributed by atoms with van der Waals surface area (Å²) in [6, 6.07) is 7.80. The van der Waals surface area contributed by atoms with Gasteiger partial charge < -0.3 is 14.2 Å². The molecule has 0 unspecified atom stereocenters. The Morgan fingerprint density at radius 1 is 1.06 bits per heavy atom. The molecule has 0 saturated carbocycles. The standard InChI is InChI=1S/C25H31NO5/c1-16(2)7-11-21-17(3)8-9-20(10-12-23(27)26-28)25(21)31-15-19-13-18(4)24(30-6)22(14-19)29-5/h7-10,12-14,28H,11,15H2,1-6H3,(H,26,27)/b12-10-. The molecule has 166 valence electrons. The summed E-state index contributed by atoms with van der Waals surface area (Å²) in [5.41, 5.74) is 7.60. The highest BCUT2D eigenvalue weighted by molar-refractivity contribution is 5.91. The van der Waals surface area contributed by atoms with Crippen molar-refractivity contribution in [2.75, 3.05) is 14.2 Å². The summed E-state index contributed by atoms with van der Waals surface area (Å²) < 4.78 is 17.2. The molecule has 0 heterocycles. The molecule has 2 aromatic rings. The van der Waals surface area contributed by atoms with Crippen molar-refractivity contribution in [1.29, 1.82) is 0 Å². The van der Waals surface area contributed by atoms with Gasteiger partial charge in [0.05, 0.1) is 14.2 Å². The van der Waals surface area contributed by atoms with E-state index in [1.54, 1.807) is 25.8 Å². The van der Waals surface area contributed by atoms with E-state index in [0.29, 0.717) is 30.3 Å². The minimum Gasteiger partial charge on any atom is -0.493 e. The van der Waals surface area contributed by atoms with E-state index in [-0.39, 0.29) is 0 Å². The number of hydroxylamine groups is 1. The van der Waals surface area contributed by atoms with Gasteiger partial charge in [0.1, 0.15) is 12.4 Å². The molecule has 6 heteroatoms. The third kappa shape index (κ3) is 6.36. The highest BCUT2D eigenvalue weighted by Gasteiger charge is 2.14. The van der Waals surface area contributed by atoms with Crippen LogP contribution in [0.3, 0.4) is 0 Å². The Labute approximate surface area is 184 Å². The number of carbonyl (C=O) groups is 1. The van der Waals surface area contributed by atoms with Crippen molar-refractivity contribution in [3.63, 3.8) is 0 Å². The molecule has 2 N–H and O–H groups in total. The monoisotopic (exact) mass is 425 g/mol. The lowest BCUT2D eigenvalue weighted by Crippen LogP contribution is -2.14. The molecule has 0 saturated heterocycles. The SMILES string of the molecule is COc1cc(COc2c(/C=C\C(=O)NO)ccc(C)c2CC=C(C)C)cc(C)c1OC. The number of rotatable bonds is 9. The molecule has 6 nitrogen and oxygen atoms in total. The van der Waals surface area contributed by atoms with Crippen molar-refractivity contribution in [3.8, 4) is 17.2 Å². The van der Waals surface area contributed by atoms with Gasteiger partial charge in [0.15, 0.2) is 11.5 Å². The first kappa shape index (κ1) is 24.0. The number of hydrogen-bond acceptors (Lipinski definition) is 5. The van der Waals surface area contributed by atoms with E-state index in [2.05, 4.69) is 19.9 Å². The zero-order valence-corrected chi connectivity index (χ0v) is 19.0. The van der Waals surface area contributed by atoms with Gasteiger partial charge in [0.2, 0.25) is 0 Å². The topological polar surface area (TPSA) is 77.0 Å². The Morgan fingerprint density at radius 3 is 2.42 bits per heavy atom. The number of amides is 1. The first-order valence-electron chi connectivity index (χ1n) is 10.0.